The minimum atomic E-state index is -0.242. The lowest BCUT2D eigenvalue weighted by Gasteiger charge is -2.04. The number of hydrogen-bond acceptors (Lipinski definition) is 3. The van der Waals surface area contributed by atoms with Crippen LogP contribution in [0.4, 0.5) is 0 Å². The van der Waals surface area contributed by atoms with Crippen molar-refractivity contribution in [2.24, 2.45) is 5.92 Å². The van der Waals surface area contributed by atoms with Crippen LogP contribution in [-0.2, 0) is 13.0 Å². The van der Waals surface area contributed by atoms with Crippen molar-refractivity contribution in [1.82, 2.24) is 15.0 Å². The molecule has 1 aromatic rings. The predicted octanol–water partition coefficient (Wildman–Crippen LogP) is 0.714. The van der Waals surface area contributed by atoms with Crippen LogP contribution in [0.25, 0.3) is 0 Å². The second-order valence-corrected chi connectivity index (χ2v) is 4.24. The second-order valence-electron chi connectivity index (χ2n) is 4.24. The van der Waals surface area contributed by atoms with Crippen LogP contribution >= 0.6 is 0 Å². The third-order valence-electron chi connectivity index (χ3n) is 2.34. The fourth-order valence-electron chi connectivity index (χ4n) is 1.69. The van der Waals surface area contributed by atoms with Gasteiger partial charge in [0.2, 0.25) is 7.98 Å². The van der Waals surface area contributed by atoms with Gasteiger partial charge in [0.05, 0.1) is 5.69 Å². The summed E-state index contributed by atoms with van der Waals surface area (Å²) in [6.45, 7) is 4.68. The van der Waals surface area contributed by atoms with Gasteiger partial charge in [-0.25, -0.2) is 0 Å². The van der Waals surface area contributed by atoms with Gasteiger partial charge in [-0.15, -0.1) is 5.10 Å². The van der Waals surface area contributed by atoms with Crippen LogP contribution in [0.1, 0.15) is 35.6 Å². The largest absolute Gasteiger partial charge is 0.387 e. The molecular formula is C10H12BN3O. The molecule has 2 rings (SSSR count). The number of rotatable bonds is 2. The quantitative estimate of drug-likeness (QED) is 0.662. The summed E-state index contributed by atoms with van der Waals surface area (Å²) in [4.78, 5) is 12.6. The Morgan fingerprint density at radius 3 is 2.93 bits per heavy atom. The third kappa shape index (κ3) is 1.86. The standard InChI is InChI=1S/C10H12BN3O/c1-6(2)3-8-4-7-5-14(11)10(15)9(7)13-12-8/h4,6H,3,5H2,1-2H3. The summed E-state index contributed by atoms with van der Waals surface area (Å²) in [6.07, 6.45) is 0.874. The fraction of sp³-hybridized carbons (Fsp3) is 0.500. The monoisotopic (exact) mass is 201 g/mol. The second kappa shape index (κ2) is 3.64. The maximum atomic E-state index is 11.4. The highest BCUT2D eigenvalue weighted by atomic mass is 16.2. The van der Waals surface area contributed by atoms with E-state index in [1.807, 2.05) is 6.07 Å². The molecule has 0 fully saturated rings. The van der Waals surface area contributed by atoms with Gasteiger partial charge in [0, 0.05) is 12.1 Å². The Hall–Kier alpha value is -1.39. The van der Waals surface area contributed by atoms with Crippen molar-refractivity contribution >= 4 is 13.9 Å². The van der Waals surface area contributed by atoms with Gasteiger partial charge in [-0.05, 0) is 18.4 Å². The fourth-order valence-corrected chi connectivity index (χ4v) is 1.69. The number of hydrogen-bond donors (Lipinski definition) is 0. The molecule has 2 radical (unpaired) electrons. The molecule has 0 saturated carbocycles. The summed E-state index contributed by atoms with van der Waals surface area (Å²) in [5.74, 6) is 0.289. The molecule has 0 spiro atoms. The Morgan fingerprint density at radius 1 is 1.53 bits per heavy atom. The smallest absolute Gasteiger partial charge is 0.262 e. The SMILES string of the molecule is [B]N1Cc2cc(CC(C)C)nnc2C1=O. The molecule has 1 aliphatic rings. The van der Waals surface area contributed by atoms with Crippen molar-refractivity contribution in [2.45, 2.75) is 26.8 Å². The third-order valence-corrected chi connectivity index (χ3v) is 2.34. The Morgan fingerprint density at radius 2 is 2.27 bits per heavy atom. The van der Waals surface area contributed by atoms with Crippen molar-refractivity contribution in [1.29, 1.82) is 0 Å². The van der Waals surface area contributed by atoms with E-state index in [0.717, 1.165) is 17.7 Å². The molecule has 2 heterocycles. The molecule has 76 valence electrons. The lowest BCUT2D eigenvalue weighted by atomic mass is 10.1. The van der Waals surface area contributed by atoms with E-state index in [-0.39, 0.29) is 5.91 Å². The maximum Gasteiger partial charge on any atom is 0.262 e. The van der Waals surface area contributed by atoms with Crippen molar-refractivity contribution in [2.75, 3.05) is 0 Å². The average molecular weight is 201 g/mol. The van der Waals surface area contributed by atoms with E-state index < -0.39 is 0 Å². The highest BCUT2D eigenvalue weighted by Crippen LogP contribution is 2.19. The lowest BCUT2D eigenvalue weighted by molar-refractivity contribution is 0.0875. The summed E-state index contributed by atoms with van der Waals surface area (Å²) in [6, 6.07) is 1.92. The Labute approximate surface area is 90.1 Å². The molecular weight excluding hydrogens is 189 g/mol. The molecule has 0 aromatic carbocycles. The highest BCUT2D eigenvalue weighted by Gasteiger charge is 2.26. The van der Waals surface area contributed by atoms with Crippen molar-refractivity contribution in [3.05, 3.63) is 23.0 Å². The van der Waals surface area contributed by atoms with Gasteiger partial charge in [0.25, 0.3) is 5.91 Å². The zero-order valence-corrected chi connectivity index (χ0v) is 8.90. The summed E-state index contributed by atoms with van der Waals surface area (Å²) in [7, 11) is 5.50. The first kappa shape index (κ1) is 10.1. The van der Waals surface area contributed by atoms with Gasteiger partial charge in [-0.3, -0.25) is 4.79 Å². The maximum absolute atomic E-state index is 11.4. The van der Waals surface area contributed by atoms with Gasteiger partial charge in [-0.2, -0.15) is 5.10 Å². The Balaban J connectivity index is 2.29. The van der Waals surface area contributed by atoms with Gasteiger partial charge in [0.15, 0.2) is 5.69 Å². The van der Waals surface area contributed by atoms with Crippen LogP contribution in [0.3, 0.4) is 0 Å². The van der Waals surface area contributed by atoms with Gasteiger partial charge < -0.3 is 4.81 Å². The number of fused-ring (bicyclic) bond motifs is 1. The molecule has 0 atom stereocenters. The number of aromatic nitrogens is 2. The van der Waals surface area contributed by atoms with Crippen LogP contribution in [-0.4, -0.2) is 28.9 Å². The van der Waals surface area contributed by atoms with Gasteiger partial charge in [0.1, 0.15) is 0 Å². The molecule has 1 amide bonds. The molecule has 5 heteroatoms. The topological polar surface area (TPSA) is 46.1 Å². The van der Waals surface area contributed by atoms with Gasteiger partial charge in [-0.1, -0.05) is 13.8 Å². The molecule has 0 aliphatic carbocycles. The molecule has 4 nitrogen and oxygen atoms in total. The molecule has 0 saturated heterocycles. The molecule has 15 heavy (non-hydrogen) atoms. The normalized spacial score (nSPS) is 14.9. The molecule has 0 N–H and O–H groups in total. The molecule has 1 aromatic heterocycles. The van der Waals surface area contributed by atoms with Crippen molar-refractivity contribution in [3.8, 4) is 0 Å². The number of carbonyl (C=O) groups is 1. The van der Waals surface area contributed by atoms with Crippen LogP contribution in [0.5, 0.6) is 0 Å². The zero-order valence-electron chi connectivity index (χ0n) is 8.90. The van der Waals surface area contributed by atoms with Crippen LogP contribution in [0, 0.1) is 5.92 Å². The minimum absolute atomic E-state index is 0.242. The van der Waals surface area contributed by atoms with E-state index in [1.165, 1.54) is 4.81 Å². The van der Waals surface area contributed by atoms with Gasteiger partial charge >= 0.3 is 0 Å². The first-order valence-electron chi connectivity index (χ1n) is 5.00. The molecule has 0 bridgehead atoms. The zero-order chi connectivity index (χ0) is 11.0. The van der Waals surface area contributed by atoms with Crippen LogP contribution in [0.15, 0.2) is 6.07 Å². The Kier molecular flexibility index (Phi) is 2.46. The number of amides is 1. The first-order valence-corrected chi connectivity index (χ1v) is 5.00. The van der Waals surface area contributed by atoms with Crippen molar-refractivity contribution < 1.29 is 4.79 Å². The highest BCUT2D eigenvalue weighted by molar-refractivity contribution is 6.19. The minimum Gasteiger partial charge on any atom is -0.387 e. The number of nitrogens with zero attached hydrogens (tertiary/aromatic N) is 3. The van der Waals surface area contributed by atoms with E-state index in [9.17, 15) is 4.79 Å². The number of carbonyl (C=O) groups excluding carboxylic acids is 1. The Bertz CT molecular complexity index is 406. The molecule has 0 unspecified atom stereocenters. The van der Waals surface area contributed by atoms with Crippen LogP contribution < -0.4 is 0 Å². The molecule has 1 aliphatic heterocycles. The van der Waals surface area contributed by atoms with E-state index >= 15 is 0 Å². The summed E-state index contributed by atoms with van der Waals surface area (Å²) >= 11 is 0. The summed E-state index contributed by atoms with van der Waals surface area (Å²) in [5, 5.41) is 7.94. The lowest BCUT2D eigenvalue weighted by Crippen LogP contribution is -2.20. The average Bonchev–Trinajstić information content (AvgIpc) is 2.41. The van der Waals surface area contributed by atoms with E-state index in [1.54, 1.807) is 0 Å². The van der Waals surface area contributed by atoms with E-state index in [2.05, 4.69) is 24.0 Å². The van der Waals surface area contributed by atoms with E-state index in [4.69, 9.17) is 7.98 Å². The summed E-state index contributed by atoms with van der Waals surface area (Å²) < 4.78 is 0. The predicted molar refractivity (Wildman–Crippen MR) is 56.2 cm³/mol. The van der Waals surface area contributed by atoms with Crippen molar-refractivity contribution in [3.63, 3.8) is 0 Å². The van der Waals surface area contributed by atoms with Crippen LogP contribution in [0.2, 0.25) is 0 Å². The first-order chi connectivity index (χ1) is 7.08. The summed E-state index contributed by atoms with van der Waals surface area (Å²) in [5.41, 5.74) is 2.20. The van der Waals surface area contributed by atoms with E-state index in [0.29, 0.717) is 18.2 Å².